The third kappa shape index (κ3) is 5.07. The fourth-order valence-corrected chi connectivity index (χ4v) is 3.02. The van der Waals surface area contributed by atoms with E-state index < -0.39 is 5.91 Å². The number of carbonyl (C=O) groups is 1. The van der Waals surface area contributed by atoms with Crippen molar-refractivity contribution in [3.8, 4) is 23.3 Å². The summed E-state index contributed by atoms with van der Waals surface area (Å²) in [4.78, 5) is 23.5. The van der Waals surface area contributed by atoms with Crippen molar-refractivity contribution in [3.05, 3.63) is 77.8 Å². The lowest BCUT2D eigenvalue weighted by atomic mass is 10.1. The number of amides is 1. The molecule has 0 radical (unpaired) electrons. The van der Waals surface area contributed by atoms with Crippen LogP contribution in [0.15, 0.2) is 67.3 Å². The molecule has 7 nitrogen and oxygen atoms in total. The van der Waals surface area contributed by atoms with Crippen molar-refractivity contribution in [1.29, 1.82) is 0 Å². The van der Waals surface area contributed by atoms with E-state index >= 15 is 0 Å². The van der Waals surface area contributed by atoms with Crippen LogP contribution in [0, 0.1) is 11.8 Å². The summed E-state index contributed by atoms with van der Waals surface area (Å²) in [6, 6.07) is 14.5. The lowest BCUT2D eigenvalue weighted by molar-refractivity contribution is -0.117. The van der Waals surface area contributed by atoms with E-state index in [1.54, 1.807) is 36.7 Å². The van der Waals surface area contributed by atoms with Gasteiger partial charge in [0.1, 0.15) is 23.6 Å². The van der Waals surface area contributed by atoms with E-state index in [1.165, 1.54) is 6.33 Å². The van der Waals surface area contributed by atoms with Crippen LogP contribution in [0.5, 0.6) is 11.5 Å². The fourth-order valence-electron chi connectivity index (χ4n) is 2.80. The molecule has 152 valence electrons. The number of hydrogen-bond acceptors (Lipinski definition) is 6. The summed E-state index contributed by atoms with van der Waals surface area (Å²) in [6.45, 7) is 0. The highest BCUT2D eigenvalue weighted by molar-refractivity contribution is 6.32. The SMILES string of the molecule is NC(=O)CC#Cc1ccc2ncnc(Nc3ccc(Oc4cccnc4)c(Cl)c3)c2c1. The minimum absolute atomic E-state index is 0.000394. The molecule has 0 unspecified atom stereocenters. The van der Waals surface area contributed by atoms with Gasteiger partial charge >= 0.3 is 0 Å². The molecule has 8 heteroatoms. The predicted molar refractivity (Wildman–Crippen MR) is 119 cm³/mol. The predicted octanol–water partition coefficient (Wildman–Crippen LogP) is 4.44. The van der Waals surface area contributed by atoms with Gasteiger partial charge < -0.3 is 15.8 Å². The molecule has 3 N–H and O–H groups in total. The Hall–Kier alpha value is -4.15. The molecule has 0 aliphatic carbocycles. The number of fused-ring (bicyclic) bond motifs is 1. The van der Waals surface area contributed by atoms with Crippen LogP contribution in [0.2, 0.25) is 5.02 Å². The molecule has 0 spiro atoms. The van der Waals surface area contributed by atoms with Gasteiger partial charge in [-0.25, -0.2) is 9.97 Å². The second-order valence-electron chi connectivity index (χ2n) is 6.46. The average molecular weight is 430 g/mol. The van der Waals surface area contributed by atoms with E-state index in [0.29, 0.717) is 22.3 Å². The number of anilines is 2. The summed E-state index contributed by atoms with van der Waals surface area (Å²) in [5.41, 5.74) is 7.34. The van der Waals surface area contributed by atoms with Gasteiger partial charge in [-0.1, -0.05) is 23.4 Å². The summed E-state index contributed by atoms with van der Waals surface area (Å²) < 4.78 is 5.76. The van der Waals surface area contributed by atoms with Gasteiger partial charge in [-0.15, -0.1) is 0 Å². The van der Waals surface area contributed by atoms with Crippen LogP contribution in [0.25, 0.3) is 10.9 Å². The summed E-state index contributed by atoms with van der Waals surface area (Å²) in [6.07, 6.45) is 4.76. The summed E-state index contributed by atoms with van der Waals surface area (Å²) in [7, 11) is 0. The van der Waals surface area contributed by atoms with Crippen molar-refractivity contribution < 1.29 is 9.53 Å². The monoisotopic (exact) mass is 429 g/mol. The van der Waals surface area contributed by atoms with Crippen LogP contribution in [-0.2, 0) is 4.79 Å². The number of hydrogen-bond donors (Lipinski definition) is 2. The molecule has 4 aromatic rings. The first kappa shape index (κ1) is 20.1. The Morgan fingerprint density at radius 3 is 2.84 bits per heavy atom. The van der Waals surface area contributed by atoms with Crippen LogP contribution in [-0.4, -0.2) is 20.9 Å². The van der Waals surface area contributed by atoms with E-state index in [4.69, 9.17) is 22.1 Å². The second-order valence-corrected chi connectivity index (χ2v) is 6.87. The topological polar surface area (TPSA) is 103 Å². The summed E-state index contributed by atoms with van der Waals surface area (Å²) in [5, 5.41) is 4.47. The molecular formula is C23H16ClN5O2. The van der Waals surface area contributed by atoms with Crippen molar-refractivity contribution in [3.63, 3.8) is 0 Å². The van der Waals surface area contributed by atoms with Crippen LogP contribution in [0.1, 0.15) is 12.0 Å². The second kappa shape index (κ2) is 9.11. The molecule has 4 rings (SSSR count). The largest absolute Gasteiger partial charge is 0.454 e. The number of benzene rings is 2. The Morgan fingerprint density at radius 1 is 1.16 bits per heavy atom. The highest BCUT2D eigenvalue weighted by Crippen LogP contribution is 2.33. The first-order chi connectivity index (χ1) is 15.1. The Morgan fingerprint density at radius 2 is 2.06 bits per heavy atom. The van der Waals surface area contributed by atoms with Gasteiger partial charge in [0.15, 0.2) is 0 Å². The quantitative estimate of drug-likeness (QED) is 0.454. The van der Waals surface area contributed by atoms with Crippen molar-refractivity contribution in [2.45, 2.75) is 6.42 Å². The number of ether oxygens (including phenoxy) is 1. The molecule has 1 amide bonds. The summed E-state index contributed by atoms with van der Waals surface area (Å²) >= 11 is 6.40. The third-order valence-electron chi connectivity index (χ3n) is 4.19. The third-order valence-corrected chi connectivity index (χ3v) is 4.48. The number of primary amides is 1. The molecule has 0 fully saturated rings. The van der Waals surface area contributed by atoms with Gasteiger partial charge in [-0.3, -0.25) is 9.78 Å². The normalized spacial score (nSPS) is 10.2. The zero-order valence-corrected chi connectivity index (χ0v) is 16.9. The summed E-state index contributed by atoms with van der Waals surface area (Å²) in [5.74, 6) is 6.91. The van der Waals surface area contributed by atoms with E-state index in [9.17, 15) is 4.79 Å². The van der Waals surface area contributed by atoms with Crippen LogP contribution in [0.3, 0.4) is 0 Å². The van der Waals surface area contributed by atoms with E-state index in [-0.39, 0.29) is 6.42 Å². The first-order valence-electron chi connectivity index (χ1n) is 9.25. The van der Waals surface area contributed by atoms with E-state index in [0.717, 1.165) is 22.2 Å². The fraction of sp³-hybridized carbons (Fsp3) is 0.0435. The number of rotatable bonds is 5. The van der Waals surface area contributed by atoms with Crippen molar-refractivity contribution in [2.24, 2.45) is 5.73 Å². The number of nitrogens with zero attached hydrogens (tertiary/aromatic N) is 3. The zero-order valence-electron chi connectivity index (χ0n) is 16.2. The molecule has 0 saturated carbocycles. The number of nitrogens with one attached hydrogen (secondary N) is 1. The molecule has 2 aromatic carbocycles. The molecule has 0 saturated heterocycles. The van der Waals surface area contributed by atoms with Crippen LogP contribution >= 0.6 is 11.6 Å². The molecule has 2 aromatic heterocycles. The minimum atomic E-state index is -0.466. The number of halogens is 1. The average Bonchev–Trinajstić information content (AvgIpc) is 2.76. The Bertz CT molecular complexity index is 1320. The maximum absolute atomic E-state index is 10.9. The lowest BCUT2D eigenvalue weighted by Gasteiger charge is -2.11. The Labute approximate surface area is 183 Å². The van der Waals surface area contributed by atoms with Crippen molar-refractivity contribution in [2.75, 3.05) is 5.32 Å². The van der Waals surface area contributed by atoms with Gasteiger partial charge in [-0.05, 0) is 48.5 Å². The van der Waals surface area contributed by atoms with E-state index in [1.807, 2.05) is 24.3 Å². The van der Waals surface area contributed by atoms with E-state index in [2.05, 4.69) is 32.1 Å². The van der Waals surface area contributed by atoms with Crippen LogP contribution < -0.4 is 15.8 Å². The number of carbonyl (C=O) groups excluding carboxylic acids is 1. The Balaban J connectivity index is 1.59. The highest BCUT2D eigenvalue weighted by Gasteiger charge is 2.08. The first-order valence-corrected chi connectivity index (χ1v) is 9.63. The lowest BCUT2D eigenvalue weighted by Crippen LogP contribution is -2.08. The van der Waals surface area contributed by atoms with Gasteiger partial charge in [0.25, 0.3) is 0 Å². The van der Waals surface area contributed by atoms with Gasteiger partial charge in [-0.2, -0.15) is 0 Å². The number of pyridine rings is 1. The maximum atomic E-state index is 10.9. The molecule has 0 atom stereocenters. The molecular weight excluding hydrogens is 414 g/mol. The zero-order chi connectivity index (χ0) is 21.6. The smallest absolute Gasteiger partial charge is 0.229 e. The number of nitrogens with two attached hydrogens (primary N) is 1. The van der Waals surface area contributed by atoms with Gasteiger partial charge in [0.05, 0.1) is 23.2 Å². The molecule has 31 heavy (non-hydrogen) atoms. The van der Waals surface area contributed by atoms with Crippen LogP contribution in [0.4, 0.5) is 11.5 Å². The van der Waals surface area contributed by atoms with Gasteiger partial charge in [0.2, 0.25) is 5.91 Å². The molecule has 0 aliphatic heterocycles. The molecule has 2 heterocycles. The standard InChI is InChI=1S/C23H16ClN5O2/c24-19-12-16(7-9-21(19)31-17-4-2-10-26-13-17)29-23-18-11-15(3-1-5-22(25)30)6-8-20(18)27-14-28-23/h2,4,6-14H,5H2,(H2,25,30)(H,27,28,29). The highest BCUT2D eigenvalue weighted by atomic mass is 35.5. The van der Waals surface area contributed by atoms with Crippen molar-refractivity contribution >= 4 is 39.9 Å². The molecule has 0 bridgehead atoms. The Kier molecular flexibility index (Phi) is 5.92. The molecule has 0 aliphatic rings. The maximum Gasteiger partial charge on any atom is 0.229 e. The number of aromatic nitrogens is 3. The van der Waals surface area contributed by atoms with Crippen molar-refractivity contribution in [1.82, 2.24) is 15.0 Å². The van der Waals surface area contributed by atoms with Gasteiger partial charge in [0, 0.05) is 22.8 Å². The minimum Gasteiger partial charge on any atom is -0.454 e.